The summed E-state index contributed by atoms with van der Waals surface area (Å²) in [5, 5.41) is 0. The number of hydrogen-bond acceptors (Lipinski definition) is 2. The van der Waals surface area contributed by atoms with Gasteiger partial charge in [-0.05, 0) is 24.1 Å². The molecule has 0 spiro atoms. The van der Waals surface area contributed by atoms with Crippen molar-refractivity contribution in [3.05, 3.63) is 59.7 Å². The van der Waals surface area contributed by atoms with Crippen LogP contribution < -0.4 is 10.6 Å². The second kappa shape index (κ2) is 5.69. The third-order valence-corrected chi connectivity index (χ3v) is 3.06. The molecule has 0 aliphatic rings. The summed E-state index contributed by atoms with van der Waals surface area (Å²) >= 11 is 0. The minimum absolute atomic E-state index is 0.121. The maximum absolute atomic E-state index is 13.7. The number of benzene rings is 2. The SMILES string of the molecule is CN(CCc1ccccc1)c1c(N)ccc(F)c1F. The molecule has 0 unspecified atom stereocenters. The van der Waals surface area contributed by atoms with Crippen molar-refractivity contribution in [2.75, 3.05) is 24.2 Å². The van der Waals surface area contributed by atoms with Crippen LogP contribution in [0, 0.1) is 11.6 Å². The Balaban J connectivity index is 2.12. The molecule has 4 heteroatoms. The Labute approximate surface area is 111 Å². The van der Waals surface area contributed by atoms with Crippen molar-refractivity contribution in [3.63, 3.8) is 0 Å². The molecule has 0 aromatic heterocycles. The molecule has 0 fully saturated rings. The Hall–Kier alpha value is -2.10. The summed E-state index contributed by atoms with van der Waals surface area (Å²) in [4.78, 5) is 1.64. The summed E-state index contributed by atoms with van der Waals surface area (Å²) in [5.74, 6) is -1.77. The molecule has 2 nitrogen and oxygen atoms in total. The van der Waals surface area contributed by atoms with Gasteiger partial charge in [-0.25, -0.2) is 8.78 Å². The third-order valence-electron chi connectivity index (χ3n) is 3.06. The summed E-state index contributed by atoms with van der Waals surface area (Å²) in [6.07, 6.45) is 0.743. The Bertz CT molecular complexity index is 556. The Morgan fingerprint density at radius 3 is 2.42 bits per heavy atom. The number of rotatable bonds is 4. The first-order valence-corrected chi connectivity index (χ1v) is 6.08. The normalized spacial score (nSPS) is 10.5. The van der Waals surface area contributed by atoms with E-state index in [4.69, 9.17) is 5.73 Å². The maximum Gasteiger partial charge on any atom is 0.184 e. The second-order valence-electron chi connectivity index (χ2n) is 4.46. The topological polar surface area (TPSA) is 29.3 Å². The van der Waals surface area contributed by atoms with Crippen molar-refractivity contribution in [2.45, 2.75) is 6.42 Å². The summed E-state index contributed by atoms with van der Waals surface area (Å²) in [7, 11) is 1.71. The summed E-state index contributed by atoms with van der Waals surface area (Å²) in [5.41, 5.74) is 7.22. The number of nitrogen functional groups attached to an aromatic ring is 1. The van der Waals surface area contributed by atoms with Gasteiger partial charge in [-0.1, -0.05) is 30.3 Å². The quantitative estimate of drug-likeness (QED) is 0.857. The Morgan fingerprint density at radius 2 is 1.74 bits per heavy atom. The van der Waals surface area contributed by atoms with Crippen LogP contribution in [-0.4, -0.2) is 13.6 Å². The molecule has 0 saturated carbocycles. The molecule has 0 aliphatic heterocycles. The molecule has 0 saturated heterocycles. The van der Waals surface area contributed by atoms with Crippen molar-refractivity contribution in [3.8, 4) is 0 Å². The van der Waals surface area contributed by atoms with Crippen molar-refractivity contribution in [1.82, 2.24) is 0 Å². The highest BCUT2D eigenvalue weighted by atomic mass is 19.2. The average Bonchev–Trinajstić information content (AvgIpc) is 2.42. The zero-order valence-electron chi connectivity index (χ0n) is 10.7. The lowest BCUT2D eigenvalue weighted by Crippen LogP contribution is -2.23. The predicted octanol–water partition coefficient (Wildman–Crippen LogP) is 3.23. The standard InChI is InChI=1S/C15H16F2N2/c1-19(10-9-11-5-3-2-4-6-11)15-13(18)8-7-12(16)14(15)17/h2-8H,9-10,18H2,1H3. The predicted molar refractivity (Wildman–Crippen MR) is 74.2 cm³/mol. The molecule has 2 aromatic rings. The van der Waals surface area contributed by atoms with E-state index in [9.17, 15) is 8.78 Å². The molecular formula is C15H16F2N2. The van der Waals surface area contributed by atoms with Crippen LogP contribution >= 0.6 is 0 Å². The van der Waals surface area contributed by atoms with Crippen molar-refractivity contribution < 1.29 is 8.78 Å². The average molecular weight is 262 g/mol. The zero-order valence-corrected chi connectivity index (χ0v) is 10.7. The molecule has 19 heavy (non-hydrogen) atoms. The van der Waals surface area contributed by atoms with Crippen LogP contribution in [0.25, 0.3) is 0 Å². The Kier molecular flexibility index (Phi) is 4.00. The second-order valence-corrected chi connectivity index (χ2v) is 4.46. The minimum Gasteiger partial charge on any atom is -0.397 e. The molecular weight excluding hydrogens is 246 g/mol. The van der Waals surface area contributed by atoms with E-state index in [1.165, 1.54) is 6.07 Å². The van der Waals surface area contributed by atoms with Crippen molar-refractivity contribution in [2.24, 2.45) is 0 Å². The molecule has 2 N–H and O–H groups in total. The van der Waals surface area contributed by atoms with E-state index >= 15 is 0 Å². The number of halogens is 2. The molecule has 100 valence electrons. The highest BCUT2D eigenvalue weighted by Crippen LogP contribution is 2.27. The number of likely N-dealkylation sites (N-methyl/N-ethyl adjacent to an activating group) is 1. The minimum atomic E-state index is -0.893. The molecule has 0 radical (unpaired) electrons. The highest BCUT2D eigenvalue weighted by Gasteiger charge is 2.15. The molecule has 0 heterocycles. The summed E-state index contributed by atoms with van der Waals surface area (Å²) in [6, 6.07) is 12.3. The molecule has 2 rings (SSSR count). The van der Waals surface area contributed by atoms with Gasteiger partial charge in [0.2, 0.25) is 0 Å². The fraction of sp³-hybridized carbons (Fsp3) is 0.200. The molecule has 0 aliphatic carbocycles. The van der Waals surface area contributed by atoms with Gasteiger partial charge in [0.15, 0.2) is 11.6 Å². The van der Waals surface area contributed by atoms with Gasteiger partial charge in [0, 0.05) is 13.6 Å². The summed E-state index contributed by atoms with van der Waals surface area (Å²) in [6.45, 7) is 0.564. The van der Waals surface area contributed by atoms with Gasteiger partial charge in [0.1, 0.15) is 0 Å². The fourth-order valence-corrected chi connectivity index (χ4v) is 2.00. The number of nitrogens with two attached hydrogens (primary N) is 1. The monoisotopic (exact) mass is 262 g/mol. The van der Waals surface area contributed by atoms with Crippen LogP contribution in [0.5, 0.6) is 0 Å². The van der Waals surface area contributed by atoms with E-state index in [2.05, 4.69) is 0 Å². The first kappa shape index (κ1) is 13.3. The van der Waals surface area contributed by atoms with Gasteiger partial charge in [0.05, 0.1) is 11.4 Å². The van der Waals surface area contributed by atoms with Crippen LogP contribution in [0.15, 0.2) is 42.5 Å². The van der Waals surface area contributed by atoms with Gasteiger partial charge in [0.25, 0.3) is 0 Å². The van der Waals surface area contributed by atoms with E-state index < -0.39 is 11.6 Å². The molecule has 0 atom stereocenters. The van der Waals surface area contributed by atoms with Crippen LogP contribution in [0.1, 0.15) is 5.56 Å². The molecule has 2 aromatic carbocycles. The van der Waals surface area contributed by atoms with E-state index in [-0.39, 0.29) is 11.4 Å². The summed E-state index contributed by atoms with van der Waals surface area (Å²) < 4.78 is 27.0. The highest BCUT2D eigenvalue weighted by molar-refractivity contribution is 5.68. The number of hydrogen-bond donors (Lipinski definition) is 1. The fourth-order valence-electron chi connectivity index (χ4n) is 2.00. The van der Waals surface area contributed by atoms with Gasteiger partial charge in [-0.15, -0.1) is 0 Å². The lowest BCUT2D eigenvalue weighted by Gasteiger charge is -2.21. The van der Waals surface area contributed by atoms with Crippen LogP contribution in [-0.2, 0) is 6.42 Å². The smallest absolute Gasteiger partial charge is 0.184 e. The van der Waals surface area contributed by atoms with E-state index in [0.29, 0.717) is 6.54 Å². The van der Waals surface area contributed by atoms with Crippen LogP contribution in [0.2, 0.25) is 0 Å². The van der Waals surface area contributed by atoms with E-state index in [1.807, 2.05) is 30.3 Å². The largest absolute Gasteiger partial charge is 0.397 e. The third kappa shape index (κ3) is 3.02. The van der Waals surface area contributed by atoms with E-state index in [0.717, 1.165) is 18.1 Å². The molecule has 0 bridgehead atoms. The Morgan fingerprint density at radius 1 is 1.05 bits per heavy atom. The van der Waals surface area contributed by atoms with Crippen LogP contribution in [0.4, 0.5) is 20.2 Å². The zero-order chi connectivity index (χ0) is 13.8. The first-order chi connectivity index (χ1) is 9.09. The first-order valence-electron chi connectivity index (χ1n) is 6.08. The maximum atomic E-state index is 13.7. The number of anilines is 2. The number of nitrogens with zero attached hydrogens (tertiary/aromatic N) is 1. The van der Waals surface area contributed by atoms with Gasteiger partial charge < -0.3 is 10.6 Å². The lowest BCUT2D eigenvalue weighted by atomic mass is 10.1. The van der Waals surface area contributed by atoms with Gasteiger partial charge in [-0.2, -0.15) is 0 Å². The molecule has 0 amide bonds. The van der Waals surface area contributed by atoms with Gasteiger partial charge >= 0.3 is 0 Å². The van der Waals surface area contributed by atoms with Crippen LogP contribution in [0.3, 0.4) is 0 Å². The van der Waals surface area contributed by atoms with Gasteiger partial charge in [-0.3, -0.25) is 0 Å². The van der Waals surface area contributed by atoms with E-state index in [1.54, 1.807) is 11.9 Å². The van der Waals surface area contributed by atoms with Crippen molar-refractivity contribution in [1.29, 1.82) is 0 Å². The van der Waals surface area contributed by atoms with Crippen molar-refractivity contribution >= 4 is 11.4 Å². The lowest BCUT2D eigenvalue weighted by molar-refractivity contribution is 0.508.